The Labute approximate surface area is 131 Å². The predicted octanol–water partition coefficient (Wildman–Crippen LogP) is 2.28. The Morgan fingerprint density at radius 2 is 2.05 bits per heavy atom. The molecule has 1 aromatic rings. The Morgan fingerprint density at radius 1 is 1.32 bits per heavy atom. The molecule has 0 aliphatic carbocycles. The van der Waals surface area contributed by atoms with E-state index in [1.807, 2.05) is 38.1 Å². The van der Waals surface area contributed by atoms with Crippen molar-refractivity contribution in [3.63, 3.8) is 0 Å². The third-order valence-corrected chi connectivity index (χ3v) is 3.96. The molecule has 1 fully saturated rings. The second kappa shape index (κ2) is 6.08. The van der Waals surface area contributed by atoms with Crippen LogP contribution in [0.5, 0.6) is 0 Å². The summed E-state index contributed by atoms with van der Waals surface area (Å²) in [6, 6.07) is 7.68. The van der Waals surface area contributed by atoms with Gasteiger partial charge in [0.05, 0.1) is 23.3 Å². The van der Waals surface area contributed by atoms with Gasteiger partial charge in [-0.25, -0.2) is 4.99 Å². The molecule has 1 N–H and O–H groups in total. The Morgan fingerprint density at radius 3 is 2.73 bits per heavy atom. The highest BCUT2D eigenvalue weighted by Crippen LogP contribution is 2.25. The van der Waals surface area contributed by atoms with Gasteiger partial charge in [0.1, 0.15) is 6.61 Å². The zero-order valence-corrected chi connectivity index (χ0v) is 13.3. The number of likely N-dealkylation sites (tertiary alicyclic amines) is 1. The van der Waals surface area contributed by atoms with E-state index in [0.29, 0.717) is 19.0 Å². The summed E-state index contributed by atoms with van der Waals surface area (Å²) in [5, 5.41) is 3.00. The summed E-state index contributed by atoms with van der Waals surface area (Å²) in [4.78, 5) is 19.0. The average molecular weight is 301 g/mol. The minimum atomic E-state index is -0.206. The number of aliphatic imine (C=N–C) groups is 1. The van der Waals surface area contributed by atoms with Gasteiger partial charge in [-0.15, -0.1) is 0 Å². The molecule has 0 spiro atoms. The summed E-state index contributed by atoms with van der Waals surface area (Å²) in [6.07, 6.45) is 2.37. The highest BCUT2D eigenvalue weighted by molar-refractivity contribution is 6.04. The summed E-state index contributed by atoms with van der Waals surface area (Å²) in [7, 11) is 0. The SMILES string of the molecule is CC1(C)COC(c2ccccc2NC(=O)CN2CCCC2)=N1. The number of nitrogens with one attached hydrogen (secondary N) is 1. The third-order valence-electron chi connectivity index (χ3n) is 3.96. The summed E-state index contributed by atoms with van der Waals surface area (Å²) < 4.78 is 5.70. The van der Waals surface area contributed by atoms with Crippen molar-refractivity contribution in [1.29, 1.82) is 0 Å². The number of rotatable bonds is 4. The van der Waals surface area contributed by atoms with Gasteiger partial charge in [-0.1, -0.05) is 12.1 Å². The van der Waals surface area contributed by atoms with E-state index >= 15 is 0 Å². The Hall–Kier alpha value is -1.88. The number of para-hydroxylation sites is 1. The fraction of sp³-hybridized carbons (Fsp3) is 0.529. The number of hydrogen-bond donors (Lipinski definition) is 1. The number of benzene rings is 1. The molecule has 0 saturated carbocycles. The molecule has 118 valence electrons. The quantitative estimate of drug-likeness (QED) is 0.928. The minimum Gasteiger partial charge on any atom is -0.475 e. The Balaban J connectivity index is 1.73. The van der Waals surface area contributed by atoms with Gasteiger partial charge < -0.3 is 10.1 Å². The molecule has 0 bridgehead atoms. The minimum absolute atomic E-state index is 0.0206. The van der Waals surface area contributed by atoms with E-state index in [2.05, 4.69) is 15.2 Å². The molecule has 2 heterocycles. The summed E-state index contributed by atoms with van der Waals surface area (Å²) in [5.41, 5.74) is 1.41. The molecule has 1 aromatic carbocycles. The lowest BCUT2D eigenvalue weighted by Gasteiger charge is -2.15. The number of carbonyl (C=O) groups excluding carboxylic acids is 1. The lowest BCUT2D eigenvalue weighted by Crippen LogP contribution is -2.31. The molecule has 5 nitrogen and oxygen atoms in total. The topological polar surface area (TPSA) is 53.9 Å². The molecule has 1 amide bonds. The first-order valence-corrected chi connectivity index (χ1v) is 7.88. The highest BCUT2D eigenvalue weighted by atomic mass is 16.5. The van der Waals surface area contributed by atoms with Crippen LogP contribution < -0.4 is 5.32 Å². The van der Waals surface area contributed by atoms with Gasteiger partial charge in [-0.2, -0.15) is 0 Å². The van der Waals surface area contributed by atoms with Gasteiger partial charge >= 0.3 is 0 Å². The predicted molar refractivity (Wildman–Crippen MR) is 87.3 cm³/mol. The van der Waals surface area contributed by atoms with E-state index in [0.717, 1.165) is 24.3 Å². The zero-order valence-electron chi connectivity index (χ0n) is 13.3. The van der Waals surface area contributed by atoms with Crippen molar-refractivity contribution < 1.29 is 9.53 Å². The van der Waals surface area contributed by atoms with Crippen LogP contribution in [-0.2, 0) is 9.53 Å². The van der Waals surface area contributed by atoms with Crippen molar-refractivity contribution in [2.75, 3.05) is 31.6 Å². The number of nitrogens with zero attached hydrogens (tertiary/aromatic N) is 2. The van der Waals surface area contributed by atoms with Crippen molar-refractivity contribution in [3.05, 3.63) is 29.8 Å². The van der Waals surface area contributed by atoms with Crippen LogP contribution in [0, 0.1) is 0 Å². The molecule has 5 heteroatoms. The number of anilines is 1. The number of ether oxygens (including phenoxy) is 1. The van der Waals surface area contributed by atoms with Crippen LogP contribution in [0.1, 0.15) is 32.3 Å². The first kappa shape index (κ1) is 15.0. The van der Waals surface area contributed by atoms with Crippen molar-refractivity contribution in [3.8, 4) is 0 Å². The number of amides is 1. The van der Waals surface area contributed by atoms with E-state index in [9.17, 15) is 4.79 Å². The van der Waals surface area contributed by atoms with Gasteiger partial charge in [0.15, 0.2) is 0 Å². The van der Waals surface area contributed by atoms with Gasteiger partial charge in [0, 0.05) is 0 Å². The highest BCUT2D eigenvalue weighted by Gasteiger charge is 2.28. The molecule has 0 aromatic heterocycles. The van der Waals surface area contributed by atoms with Crippen LogP contribution in [0.3, 0.4) is 0 Å². The van der Waals surface area contributed by atoms with Gasteiger partial charge in [-0.05, 0) is 51.9 Å². The van der Waals surface area contributed by atoms with E-state index < -0.39 is 0 Å². The molecular formula is C17H23N3O2. The van der Waals surface area contributed by atoms with Crippen LogP contribution in [0.4, 0.5) is 5.69 Å². The molecule has 22 heavy (non-hydrogen) atoms. The molecule has 0 radical (unpaired) electrons. The maximum atomic E-state index is 12.2. The van der Waals surface area contributed by atoms with E-state index in [1.54, 1.807) is 0 Å². The van der Waals surface area contributed by atoms with Crippen LogP contribution in [0.2, 0.25) is 0 Å². The van der Waals surface area contributed by atoms with Crippen LogP contribution in [-0.4, -0.2) is 48.5 Å². The molecule has 1 saturated heterocycles. The molecule has 0 unspecified atom stereocenters. The maximum Gasteiger partial charge on any atom is 0.238 e. The summed E-state index contributed by atoms with van der Waals surface area (Å²) in [6.45, 7) is 7.12. The van der Waals surface area contributed by atoms with Gasteiger partial charge in [0.25, 0.3) is 0 Å². The largest absolute Gasteiger partial charge is 0.475 e. The second-order valence-corrected chi connectivity index (χ2v) is 6.60. The smallest absolute Gasteiger partial charge is 0.238 e. The Kier molecular flexibility index (Phi) is 4.16. The summed E-state index contributed by atoms with van der Waals surface area (Å²) >= 11 is 0. The molecule has 2 aliphatic heterocycles. The van der Waals surface area contributed by atoms with Gasteiger partial charge in [-0.3, -0.25) is 9.69 Å². The zero-order chi connectivity index (χ0) is 15.6. The van der Waals surface area contributed by atoms with Crippen molar-refractivity contribution in [2.45, 2.75) is 32.2 Å². The van der Waals surface area contributed by atoms with Crippen molar-refractivity contribution in [2.24, 2.45) is 4.99 Å². The summed E-state index contributed by atoms with van der Waals surface area (Å²) in [5.74, 6) is 0.634. The maximum absolute atomic E-state index is 12.2. The normalized spacial score (nSPS) is 20.5. The monoisotopic (exact) mass is 301 g/mol. The Bertz CT molecular complexity index is 589. The molecule has 3 rings (SSSR count). The first-order chi connectivity index (χ1) is 10.5. The van der Waals surface area contributed by atoms with Crippen molar-refractivity contribution >= 4 is 17.5 Å². The number of carbonyl (C=O) groups is 1. The van der Waals surface area contributed by atoms with E-state index in [4.69, 9.17) is 4.74 Å². The van der Waals surface area contributed by atoms with Crippen molar-refractivity contribution in [1.82, 2.24) is 4.90 Å². The van der Waals surface area contributed by atoms with E-state index in [1.165, 1.54) is 12.8 Å². The molecule has 2 aliphatic rings. The first-order valence-electron chi connectivity index (χ1n) is 7.88. The fourth-order valence-electron chi connectivity index (χ4n) is 2.83. The fourth-order valence-corrected chi connectivity index (χ4v) is 2.83. The van der Waals surface area contributed by atoms with Crippen LogP contribution >= 0.6 is 0 Å². The molecular weight excluding hydrogens is 278 g/mol. The molecule has 0 atom stereocenters. The van der Waals surface area contributed by atoms with Crippen LogP contribution in [0.25, 0.3) is 0 Å². The lowest BCUT2D eigenvalue weighted by molar-refractivity contribution is -0.117. The van der Waals surface area contributed by atoms with Crippen LogP contribution in [0.15, 0.2) is 29.3 Å². The van der Waals surface area contributed by atoms with E-state index in [-0.39, 0.29) is 11.4 Å². The number of hydrogen-bond acceptors (Lipinski definition) is 4. The lowest BCUT2D eigenvalue weighted by atomic mass is 10.1. The third kappa shape index (κ3) is 3.47. The van der Waals surface area contributed by atoms with Gasteiger partial charge in [0.2, 0.25) is 11.8 Å². The standard InChI is InChI=1S/C17H23N3O2/c1-17(2)12-22-16(19-17)13-7-3-4-8-14(13)18-15(21)11-20-9-5-6-10-20/h3-4,7-8H,5-6,9-12H2,1-2H3,(H,18,21). The average Bonchev–Trinajstić information content (AvgIpc) is 3.09. The second-order valence-electron chi connectivity index (χ2n) is 6.60.